The topological polar surface area (TPSA) is 32.3 Å². The minimum atomic E-state index is -2.72. The van der Waals surface area contributed by atoms with E-state index in [-0.39, 0.29) is 19.0 Å². The van der Waals surface area contributed by atoms with Gasteiger partial charge in [0, 0.05) is 5.92 Å². The van der Waals surface area contributed by atoms with Crippen molar-refractivity contribution >= 4 is 12.4 Å². The molecule has 1 atom stereocenters. The molecule has 1 fully saturated rings. The summed E-state index contributed by atoms with van der Waals surface area (Å²) in [6.45, 7) is -0.117. The number of aliphatic hydroxyl groups excluding tert-OH is 1. The molecule has 2 nitrogen and oxygen atoms in total. The van der Waals surface area contributed by atoms with Crippen LogP contribution in [0.5, 0.6) is 0 Å². The van der Waals surface area contributed by atoms with Crippen LogP contribution in [0.15, 0.2) is 0 Å². The van der Waals surface area contributed by atoms with Crippen LogP contribution in [0, 0.1) is 5.92 Å². The molecule has 1 saturated heterocycles. The van der Waals surface area contributed by atoms with Gasteiger partial charge in [0.15, 0.2) is 0 Å². The van der Waals surface area contributed by atoms with Gasteiger partial charge in [-0.05, 0) is 13.0 Å². The number of rotatable bonds is 1. The molecule has 2 N–H and O–H groups in total. The molecule has 0 aromatic heterocycles. The molecule has 0 saturated carbocycles. The Morgan fingerprint density at radius 3 is 2.55 bits per heavy atom. The van der Waals surface area contributed by atoms with Crippen LogP contribution in [0.3, 0.4) is 0 Å². The summed E-state index contributed by atoms with van der Waals surface area (Å²) in [6.07, 6.45) is 0.365. The van der Waals surface area contributed by atoms with Crippen LogP contribution in [-0.4, -0.2) is 30.7 Å². The van der Waals surface area contributed by atoms with E-state index in [2.05, 4.69) is 5.32 Å². The zero-order valence-electron chi connectivity index (χ0n) is 6.02. The third-order valence-electron chi connectivity index (χ3n) is 1.85. The molecule has 0 spiro atoms. The Hall–Kier alpha value is 0.0700. The maximum atomic E-state index is 12.6. The lowest BCUT2D eigenvalue weighted by Crippen LogP contribution is -2.47. The van der Waals surface area contributed by atoms with Crippen molar-refractivity contribution in [2.75, 3.05) is 19.7 Å². The Bertz CT molecular complexity index is 123. The summed E-state index contributed by atoms with van der Waals surface area (Å²) in [7, 11) is 0. The number of alkyl halides is 2. The summed E-state index contributed by atoms with van der Waals surface area (Å²) in [5.41, 5.74) is 0. The van der Waals surface area contributed by atoms with Gasteiger partial charge in [0.25, 0.3) is 5.92 Å². The van der Waals surface area contributed by atoms with Crippen LogP contribution in [0.4, 0.5) is 8.78 Å². The van der Waals surface area contributed by atoms with Gasteiger partial charge in [-0.25, -0.2) is 8.78 Å². The summed E-state index contributed by atoms with van der Waals surface area (Å²) in [5.74, 6) is -3.55. The molecule has 0 radical (unpaired) electrons. The number of aliphatic hydroxyl groups is 1. The van der Waals surface area contributed by atoms with Gasteiger partial charge in [0.1, 0.15) is 0 Å². The van der Waals surface area contributed by atoms with Crippen molar-refractivity contribution in [3.05, 3.63) is 0 Å². The highest BCUT2D eigenvalue weighted by atomic mass is 35.5. The predicted molar refractivity (Wildman–Crippen MR) is 40.3 cm³/mol. The lowest BCUT2D eigenvalue weighted by atomic mass is 9.95. The second kappa shape index (κ2) is 4.18. The Morgan fingerprint density at radius 1 is 1.55 bits per heavy atom. The van der Waals surface area contributed by atoms with Crippen molar-refractivity contribution in [1.29, 1.82) is 0 Å². The minimum Gasteiger partial charge on any atom is -0.396 e. The average molecular weight is 188 g/mol. The number of piperidine rings is 1. The highest BCUT2D eigenvalue weighted by Gasteiger charge is 2.40. The van der Waals surface area contributed by atoms with Gasteiger partial charge in [-0.1, -0.05) is 0 Å². The van der Waals surface area contributed by atoms with Gasteiger partial charge in [-0.15, -0.1) is 12.4 Å². The first-order valence-corrected chi connectivity index (χ1v) is 3.36. The van der Waals surface area contributed by atoms with Gasteiger partial charge < -0.3 is 10.4 Å². The van der Waals surface area contributed by atoms with Crippen molar-refractivity contribution in [1.82, 2.24) is 5.32 Å². The Labute approximate surface area is 70.4 Å². The first-order chi connectivity index (χ1) is 4.67. The summed E-state index contributed by atoms with van der Waals surface area (Å²) in [5, 5.41) is 11.1. The van der Waals surface area contributed by atoms with Crippen LogP contribution in [0.25, 0.3) is 0 Å². The van der Waals surface area contributed by atoms with Crippen LogP contribution >= 0.6 is 12.4 Å². The van der Waals surface area contributed by atoms with Gasteiger partial charge in [-0.3, -0.25) is 0 Å². The zero-order valence-corrected chi connectivity index (χ0v) is 6.83. The normalized spacial score (nSPS) is 29.2. The fraction of sp³-hybridized carbons (Fsp3) is 1.00. The molecule has 1 aliphatic heterocycles. The molecule has 0 bridgehead atoms. The Kier molecular flexibility index (Phi) is 4.21. The summed E-state index contributed by atoms with van der Waals surface area (Å²) >= 11 is 0. The minimum absolute atomic E-state index is 0. The first-order valence-electron chi connectivity index (χ1n) is 3.36. The Balaban J connectivity index is 0.000001000. The zero-order chi connectivity index (χ0) is 7.61. The maximum Gasteiger partial charge on any atom is 0.265 e. The van der Waals surface area contributed by atoms with E-state index in [1.54, 1.807) is 0 Å². The molecule has 0 aliphatic carbocycles. The van der Waals surface area contributed by atoms with Crippen LogP contribution in [0.2, 0.25) is 0 Å². The molecule has 5 heteroatoms. The third kappa shape index (κ3) is 2.54. The third-order valence-corrected chi connectivity index (χ3v) is 1.85. The quantitative estimate of drug-likeness (QED) is 0.632. The summed E-state index contributed by atoms with van der Waals surface area (Å²) in [4.78, 5) is 0. The molecular weight excluding hydrogens is 176 g/mol. The highest BCUT2D eigenvalue weighted by molar-refractivity contribution is 5.85. The van der Waals surface area contributed by atoms with E-state index >= 15 is 0 Å². The molecule has 1 rings (SSSR count). The van der Waals surface area contributed by atoms with E-state index in [0.717, 1.165) is 0 Å². The van der Waals surface area contributed by atoms with Gasteiger partial charge in [0.2, 0.25) is 0 Å². The Morgan fingerprint density at radius 2 is 2.18 bits per heavy atom. The second-order valence-electron chi connectivity index (χ2n) is 2.61. The van der Waals surface area contributed by atoms with E-state index in [9.17, 15) is 8.78 Å². The largest absolute Gasteiger partial charge is 0.396 e. The fourth-order valence-electron chi connectivity index (χ4n) is 1.11. The van der Waals surface area contributed by atoms with Crippen molar-refractivity contribution in [3.8, 4) is 0 Å². The summed E-state index contributed by atoms with van der Waals surface area (Å²) < 4.78 is 25.3. The van der Waals surface area contributed by atoms with E-state index in [1.165, 1.54) is 0 Å². The number of hydrogen-bond donors (Lipinski definition) is 2. The van der Waals surface area contributed by atoms with E-state index < -0.39 is 18.4 Å². The van der Waals surface area contributed by atoms with Crippen LogP contribution in [0.1, 0.15) is 6.42 Å². The van der Waals surface area contributed by atoms with Crippen LogP contribution < -0.4 is 5.32 Å². The van der Waals surface area contributed by atoms with E-state index in [4.69, 9.17) is 5.11 Å². The standard InChI is InChI=1S/C6H11F2NO.ClH/c7-6(8)4-9-2-1-5(6)3-10;/h5,9-10H,1-4H2;1H/t5-;/m0./s1. The fourth-order valence-corrected chi connectivity index (χ4v) is 1.11. The number of hydrogen-bond acceptors (Lipinski definition) is 2. The van der Waals surface area contributed by atoms with Crippen molar-refractivity contribution < 1.29 is 13.9 Å². The average Bonchev–Trinajstić information content (AvgIpc) is 1.87. The SMILES string of the molecule is Cl.OC[C@@H]1CCNCC1(F)F. The van der Waals surface area contributed by atoms with Gasteiger partial charge in [-0.2, -0.15) is 0 Å². The predicted octanol–water partition coefficient (Wildman–Crippen LogP) is 0.645. The smallest absolute Gasteiger partial charge is 0.265 e. The first kappa shape index (κ1) is 11.1. The number of nitrogens with one attached hydrogen (secondary N) is 1. The van der Waals surface area contributed by atoms with Crippen molar-refractivity contribution in [3.63, 3.8) is 0 Å². The van der Waals surface area contributed by atoms with Crippen LogP contribution in [-0.2, 0) is 0 Å². The monoisotopic (exact) mass is 187 g/mol. The molecule has 1 aliphatic rings. The van der Waals surface area contributed by atoms with Gasteiger partial charge >= 0.3 is 0 Å². The molecule has 1 heterocycles. The lowest BCUT2D eigenvalue weighted by Gasteiger charge is -2.30. The maximum absolute atomic E-state index is 12.6. The van der Waals surface area contributed by atoms with E-state index in [1.807, 2.05) is 0 Å². The summed E-state index contributed by atoms with van der Waals surface area (Å²) in [6, 6.07) is 0. The lowest BCUT2D eigenvalue weighted by molar-refractivity contribution is -0.0896. The second-order valence-corrected chi connectivity index (χ2v) is 2.61. The highest BCUT2D eigenvalue weighted by Crippen LogP contribution is 2.28. The molecule has 0 aromatic carbocycles. The molecule has 0 aromatic rings. The van der Waals surface area contributed by atoms with E-state index in [0.29, 0.717) is 13.0 Å². The van der Waals surface area contributed by atoms with Crippen molar-refractivity contribution in [2.45, 2.75) is 12.3 Å². The number of halogens is 3. The molecular formula is C6H12ClF2NO. The van der Waals surface area contributed by atoms with Crippen molar-refractivity contribution in [2.24, 2.45) is 5.92 Å². The van der Waals surface area contributed by atoms with Gasteiger partial charge in [0.05, 0.1) is 13.2 Å². The molecule has 68 valence electrons. The molecule has 11 heavy (non-hydrogen) atoms. The molecule has 0 amide bonds. The molecule has 0 unspecified atom stereocenters.